The fraction of sp³-hybridized carbons (Fsp3) is 0.385. The first-order valence-corrected chi connectivity index (χ1v) is 5.62. The van der Waals surface area contributed by atoms with Crippen LogP contribution in [0.5, 0.6) is 5.75 Å². The number of hydrogen-bond acceptors (Lipinski definition) is 4. The van der Waals surface area contributed by atoms with Gasteiger partial charge < -0.3 is 9.15 Å². The van der Waals surface area contributed by atoms with Gasteiger partial charge in [0.05, 0.1) is 0 Å². The van der Waals surface area contributed by atoms with Gasteiger partial charge in [0, 0.05) is 19.4 Å². The maximum atomic E-state index is 11.5. The highest BCUT2D eigenvalue weighted by molar-refractivity contribution is 5.77. The van der Waals surface area contributed by atoms with Gasteiger partial charge in [0.25, 0.3) is 0 Å². The van der Waals surface area contributed by atoms with Crippen molar-refractivity contribution < 1.29 is 13.9 Å². The molecule has 0 aliphatic carbocycles. The monoisotopic (exact) mass is 233 g/mol. The van der Waals surface area contributed by atoms with Gasteiger partial charge in [0.15, 0.2) is 11.5 Å². The molecular weight excluding hydrogens is 218 g/mol. The van der Waals surface area contributed by atoms with Gasteiger partial charge in [-0.3, -0.25) is 4.79 Å². The average molecular weight is 233 g/mol. The number of aromatic nitrogens is 1. The third-order valence-electron chi connectivity index (χ3n) is 2.27. The summed E-state index contributed by atoms with van der Waals surface area (Å²) >= 11 is 0. The summed E-state index contributed by atoms with van der Waals surface area (Å²) in [4.78, 5) is 15.7. The van der Waals surface area contributed by atoms with Crippen molar-refractivity contribution in [1.82, 2.24) is 4.98 Å². The summed E-state index contributed by atoms with van der Waals surface area (Å²) in [6.07, 6.45) is 0.413. The number of oxazole rings is 1. The van der Waals surface area contributed by atoms with E-state index in [0.29, 0.717) is 35.1 Å². The topological polar surface area (TPSA) is 52.3 Å². The lowest BCUT2D eigenvalue weighted by atomic mass is 10.1. The van der Waals surface area contributed by atoms with Crippen LogP contribution in [0.1, 0.15) is 26.2 Å². The summed E-state index contributed by atoms with van der Waals surface area (Å²) < 4.78 is 10.6. The molecule has 0 aliphatic heterocycles. The minimum Gasteiger partial charge on any atom is -0.441 e. The van der Waals surface area contributed by atoms with Crippen LogP contribution >= 0.6 is 0 Å². The van der Waals surface area contributed by atoms with Crippen LogP contribution in [0.2, 0.25) is 0 Å². The number of hydrogen-bond donors (Lipinski definition) is 0. The molecule has 1 aromatic carbocycles. The first kappa shape index (κ1) is 11.6. The Morgan fingerprint density at radius 2 is 2.24 bits per heavy atom. The zero-order chi connectivity index (χ0) is 12.4. The number of ether oxygens (including phenoxy) is 1. The fourth-order valence-electron chi connectivity index (χ4n) is 1.59. The van der Waals surface area contributed by atoms with Gasteiger partial charge >= 0.3 is 5.97 Å². The molecule has 4 heteroatoms. The summed E-state index contributed by atoms with van der Waals surface area (Å²) in [7, 11) is 0. The van der Waals surface area contributed by atoms with E-state index in [1.165, 1.54) is 0 Å². The lowest BCUT2D eigenvalue weighted by Crippen LogP contribution is -2.10. The highest BCUT2D eigenvalue weighted by Gasteiger charge is 2.09. The zero-order valence-corrected chi connectivity index (χ0v) is 10.2. The highest BCUT2D eigenvalue weighted by atomic mass is 16.5. The quantitative estimate of drug-likeness (QED) is 0.603. The average Bonchev–Trinajstić information content (AvgIpc) is 2.55. The van der Waals surface area contributed by atoms with E-state index in [1.54, 1.807) is 25.1 Å². The molecule has 0 amide bonds. The second kappa shape index (κ2) is 4.57. The van der Waals surface area contributed by atoms with Crippen LogP contribution in [-0.2, 0) is 4.79 Å². The summed E-state index contributed by atoms with van der Waals surface area (Å²) in [6, 6.07) is 5.18. The van der Waals surface area contributed by atoms with E-state index in [9.17, 15) is 4.79 Å². The number of carbonyl (C=O) groups excluding carboxylic acids is 1. The van der Waals surface area contributed by atoms with E-state index in [0.717, 1.165) is 0 Å². The van der Waals surface area contributed by atoms with E-state index >= 15 is 0 Å². The Balaban J connectivity index is 2.16. The molecule has 0 saturated carbocycles. The maximum Gasteiger partial charge on any atom is 0.311 e. The van der Waals surface area contributed by atoms with Crippen molar-refractivity contribution in [3.05, 3.63) is 24.1 Å². The molecule has 1 heterocycles. The Morgan fingerprint density at radius 1 is 1.47 bits per heavy atom. The number of aryl methyl sites for hydroxylation is 1. The largest absolute Gasteiger partial charge is 0.441 e. The summed E-state index contributed by atoms with van der Waals surface area (Å²) in [5, 5.41) is 0. The lowest BCUT2D eigenvalue weighted by Gasteiger charge is -2.05. The molecule has 4 nitrogen and oxygen atoms in total. The molecule has 0 N–H and O–H groups in total. The molecule has 90 valence electrons. The van der Waals surface area contributed by atoms with Crippen molar-refractivity contribution in [3.63, 3.8) is 0 Å². The van der Waals surface area contributed by atoms with Gasteiger partial charge in [-0.1, -0.05) is 13.8 Å². The van der Waals surface area contributed by atoms with Crippen LogP contribution in [0.3, 0.4) is 0 Å². The third kappa shape index (κ3) is 2.84. The first-order chi connectivity index (χ1) is 8.04. The number of carbonyl (C=O) groups is 1. The Labute approximate surface area is 99.6 Å². The van der Waals surface area contributed by atoms with Gasteiger partial charge in [-0.15, -0.1) is 0 Å². The number of nitrogens with zero attached hydrogens (tertiary/aromatic N) is 1. The molecule has 1 aromatic heterocycles. The molecule has 0 radical (unpaired) electrons. The minimum atomic E-state index is -0.223. The second-order valence-corrected chi connectivity index (χ2v) is 4.43. The van der Waals surface area contributed by atoms with Gasteiger partial charge in [0.2, 0.25) is 0 Å². The van der Waals surface area contributed by atoms with E-state index < -0.39 is 0 Å². The van der Waals surface area contributed by atoms with Crippen LogP contribution in [0.4, 0.5) is 0 Å². The molecule has 0 fully saturated rings. The fourth-order valence-corrected chi connectivity index (χ4v) is 1.59. The van der Waals surface area contributed by atoms with E-state index in [4.69, 9.17) is 9.15 Å². The van der Waals surface area contributed by atoms with Crippen molar-refractivity contribution >= 4 is 17.1 Å². The highest BCUT2D eigenvalue weighted by Crippen LogP contribution is 2.21. The second-order valence-electron chi connectivity index (χ2n) is 4.43. The van der Waals surface area contributed by atoms with Gasteiger partial charge in [0.1, 0.15) is 11.3 Å². The van der Waals surface area contributed by atoms with Crippen molar-refractivity contribution in [2.24, 2.45) is 5.92 Å². The van der Waals surface area contributed by atoms with Gasteiger partial charge in [-0.05, 0) is 18.1 Å². The van der Waals surface area contributed by atoms with Crippen molar-refractivity contribution in [1.29, 1.82) is 0 Å². The Kier molecular flexibility index (Phi) is 3.13. The molecule has 17 heavy (non-hydrogen) atoms. The SMILES string of the molecule is Cc1nc2cc(OC(=O)CC(C)C)ccc2o1. The van der Waals surface area contributed by atoms with E-state index in [-0.39, 0.29) is 5.97 Å². The smallest absolute Gasteiger partial charge is 0.311 e. The number of esters is 1. The molecule has 0 atom stereocenters. The molecule has 0 bridgehead atoms. The van der Waals surface area contributed by atoms with Gasteiger partial charge in [-0.2, -0.15) is 0 Å². The van der Waals surface area contributed by atoms with Crippen LogP contribution in [0.25, 0.3) is 11.1 Å². The summed E-state index contributed by atoms with van der Waals surface area (Å²) in [6.45, 7) is 5.74. The van der Waals surface area contributed by atoms with Crippen LogP contribution < -0.4 is 4.74 Å². The molecule has 0 saturated heterocycles. The van der Waals surface area contributed by atoms with Crippen LogP contribution in [0, 0.1) is 12.8 Å². The maximum absolute atomic E-state index is 11.5. The van der Waals surface area contributed by atoms with Crippen LogP contribution in [0.15, 0.2) is 22.6 Å². The summed E-state index contributed by atoms with van der Waals surface area (Å²) in [5.41, 5.74) is 1.41. The van der Waals surface area contributed by atoms with Gasteiger partial charge in [-0.25, -0.2) is 4.98 Å². The number of fused-ring (bicyclic) bond motifs is 1. The predicted molar refractivity (Wildman–Crippen MR) is 63.8 cm³/mol. The Morgan fingerprint density at radius 3 is 2.94 bits per heavy atom. The van der Waals surface area contributed by atoms with E-state index in [2.05, 4.69) is 4.98 Å². The Bertz CT molecular complexity index is 543. The standard InChI is InChI=1S/C13H15NO3/c1-8(2)6-13(15)17-10-4-5-12-11(7-10)14-9(3)16-12/h4-5,7-8H,6H2,1-3H3. The van der Waals surface area contributed by atoms with Crippen molar-refractivity contribution in [2.45, 2.75) is 27.2 Å². The summed E-state index contributed by atoms with van der Waals surface area (Å²) in [5.74, 6) is 1.18. The minimum absolute atomic E-state index is 0.223. The molecule has 2 rings (SSSR count). The van der Waals surface area contributed by atoms with Crippen LogP contribution in [-0.4, -0.2) is 11.0 Å². The lowest BCUT2D eigenvalue weighted by molar-refractivity contribution is -0.135. The Hall–Kier alpha value is -1.84. The number of rotatable bonds is 3. The van der Waals surface area contributed by atoms with Crippen molar-refractivity contribution in [2.75, 3.05) is 0 Å². The van der Waals surface area contributed by atoms with E-state index in [1.807, 2.05) is 13.8 Å². The molecule has 0 unspecified atom stereocenters. The first-order valence-electron chi connectivity index (χ1n) is 5.62. The molecule has 0 spiro atoms. The normalized spacial score (nSPS) is 11.1. The number of benzene rings is 1. The molecule has 0 aliphatic rings. The predicted octanol–water partition coefficient (Wildman–Crippen LogP) is 3.09. The molecular formula is C13H15NO3. The third-order valence-corrected chi connectivity index (χ3v) is 2.27. The zero-order valence-electron chi connectivity index (χ0n) is 10.2. The van der Waals surface area contributed by atoms with Crippen molar-refractivity contribution in [3.8, 4) is 5.75 Å². The molecule has 2 aromatic rings.